The minimum absolute atomic E-state index is 0.245. The standard InChI is InChI=1S/C21H20P.C10H10N4O5S/c1-2-18-22(19-12-6-3-7-13-19,20-14-8-4-9-15-20)21-16-10-5-11-17-21;15-10-13-2-1-8(7-3-11-6-12-4-7)9(5-13)14(10)19-20(16,17)18/h2-18H,1H3;1,3-4,6,9H,2,5H2,(H,16,17,18)/q+1;/p-1. The SMILES string of the molecule is CC=C[P+](c1ccccc1)(c1ccccc1)c1ccccc1.O=C1N2CC=C(c3cncnc3)C(C2)N1OS(=O)(=O)[O-]. The Hall–Kier alpha value is -4.21. The summed E-state index contributed by atoms with van der Waals surface area (Å²) in [5.41, 5.74) is 1.29. The van der Waals surface area contributed by atoms with Crippen molar-refractivity contribution in [2.24, 2.45) is 0 Å². The van der Waals surface area contributed by atoms with Crippen molar-refractivity contribution < 1.29 is 22.0 Å². The fraction of sp³-hybridized carbons (Fsp3) is 0.129. The molecule has 4 aromatic rings. The van der Waals surface area contributed by atoms with E-state index in [4.69, 9.17) is 0 Å². The Morgan fingerprint density at radius 2 is 1.38 bits per heavy atom. The lowest BCUT2D eigenvalue weighted by Gasteiger charge is -2.24. The molecule has 0 radical (unpaired) electrons. The van der Waals surface area contributed by atoms with Gasteiger partial charge in [0.1, 0.15) is 35.5 Å². The number of carbonyl (C=O) groups is 1. The molecule has 9 nitrogen and oxygen atoms in total. The number of rotatable bonds is 7. The first-order valence-corrected chi connectivity index (χ1v) is 16.4. The summed E-state index contributed by atoms with van der Waals surface area (Å²) in [7, 11) is -6.75. The summed E-state index contributed by atoms with van der Waals surface area (Å²) in [4.78, 5) is 21.0. The fourth-order valence-electron chi connectivity index (χ4n) is 5.21. The molecule has 2 aliphatic heterocycles. The first kappa shape index (κ1) is 29.3. The molecule has 6 rings (SSSR count). The van der Waals surface area contributed by atoms with Crippen LogP contribution in [0, 0.1) is 0 Å². The van der Waals surface area contributed by atoms with Crippen molar-refractivity contribution in [3.63, 3.8) is 0 Å². The highest BCUT2D eigenvalue weighted by atomic mass is 32.3. The van der Waals surface area contributed by atoms with E-state index in [0.717, 1.165) is 0 Å². The number of hydrogen-bond donors (Lipinski definition) is 0. The molecule has 0 spiro atoms. The van der Waals surface area contributed by atoms with Crippen LogP contribution in [0.1, 0.15) is 12.5 Å². The molecule has 1 unspecified atom stereocenters. The molecular formula is C31H29N4O5PS. The zero-order valence-corrected chi connectivity index (χ0v) is 24.5. The predicted octanol–water partition coefficient (Wildman–Crippen LogP) is 3.89. The third kappa shape index (κ3) is 6.17. The first-order chi connectivity index (χ1) is 20.3. The maximum Gasteiger partial charge on any atom is 0.346 e. The van der Waals surface area contributed by atoms with Crippen molar-refractivity contribution >= 4 is 45.2 Å². The van der Waals surface area contributed by atoms with E-state index in [2.05, 4.69) is 124 Å². The summed E-state index contributed by atoms with van der Waals surface area (Å²) >= 11 is 0. The summed E-state index contributed by atoms with van der Waals surface area (Å²) < 4.78 is 36.4. The van der Waals surface area contributed by atoms with E-state index < -0.39 is 29.7 Å². The maximum atomic E-state index is 11.9. The van der Waals surface area contributed by atoms with E-state index >= 15 is 0 Å². The van der Waals surface area contributed by atoms with Crippen molar-refractivity contribution in [3.05, 3.63) is 133 Å². The molecule has 0 N–H and O–H groups in total. The van der Waals surface area contributed by atoms with Gasteiger partial charge in [-0.2, -0.15) is 9.35 Å². The van der Waals surface area contributed by atoms with Crippen LogP contribution in [0.5, 0.6) is 0 Å². The molecule has 2 aliphatic rings. The number of aromatic nitrogens is 2. The van der Waals surface area contributed by atoms with E-state index in [1.54, 1.807) is 18.5 Å². The predicted molar refractivity (Wildman–Crippen MR) is 163 cm³/mol. The second kappa shape index (κ2) is 12.8. The first-order valence-electron chi connectivity index (χ1n) is 13.2. The molecule has 214 valence electrons. The van der Waals surface area contributed by atoms with Crippen LogP contribution < -0.4 is 15.9 Å². The van der Waals surface area contributed by atoms with Gasteiger partial charge in [-0.15, -0.1) is 0 Å². The second-order valence-electron chi connectivity index (χ2n) is 9.51. The average molecular weight is 601 g/mol. The van der Waals surface area contributed by atoms with Crippen molar-refractivity contribution in [2.45, 2.75) is 13.0 Å². The molecule has 42 heavy (non-hydrogen) atoms. The van der Waals surface area contributed by atoms with Gasteiger partial charge in [0.15, 0.2) is 0 Å². The Balaban J connectivity index is 0.000000169. The van der Waals surface area contributed by atoms with E-state index in [0.29, 0.717) is 22.7 Å². The van der Waals surface area contributed by atoms with E-state index in [-0.39, 0.29) is 6.54 Å². The Bertz CT molecular complexity index is 1580. The molecule has 0 saturated carbocycles. The molecule has 3 heterocycles. The van der Waals surface area contributed by atoms with Gasteiger partial charge in [0.2, 0.25) is 10.4 Å². The Morgan fingerprint density at radius 3 is 1.83 bits per heavy atom. The molecule has 2 amide bonds. The summed E-state index contributed by atoms with van der Waals surface area (Å²) in [5.74, 6) is 2.41. The number of urea groups is 1. The van der Waals surface area contributed by atoms with Gasteiger partial charge in [0.25, 0.3) is 0 Å². The number of amides is 2. The van der Waals surface area contributed by atoms with Crippen LogP contribution >= 0.6 is 7.26 Å². The highest BCUT2D eigenvalue weighted by Crippen LogP contribution is 2.56. The smallest absolute Gasteiger partial charge is 0.346 e. The molecule has 1 atom stereocenters. The number of hydrogen-bond acceptors (Lipinski definition) is 7. The Kier molecular flexibility index (Phi) is 8.89. The molecule has 11 heteroatoms. The summed E-state index contributed by atoms with van der Waals surface area (Å²) in [5, 5.41) is 4.77. The monoisotopic (exact) mass is 600 g/mol. The van der Waals surface area contributed by atoms with Crippen LogP contribution in [0.25, 0.3) is 5.57 Å². The lowest BCUT2D eigenvalue weighted by atomic mass is 9.99. The van der Waals surface area contributed by atoms with Crippen LogP contribution in [0.3, 0.4) is 0 Å². The van der Waals surface area contributed by atoms with E-state index in [1.807, 2.05) is 0 Å². The van der Waals surface area contributed by atoms with Gasteiger partial charge >= 0.3 is 6.03 Å². The second-order valence-corrected chi connectivity index (χ2v) is 13.8. The molecule has 1 saturated heterocycles. The highest BCUT2D eigenvalue weighted by Gasteiger charge is 2.44. The highest BCUT2D eigenvalue weighted by molar-refractivity contribution is 7.98. The third-order valence-corrected chi connectivity index (χ3v) is 11.4. The quantitative estimate of drug-likeness (QED) is 0.180. The summed E-state index contributed by atoms with van der Waals surface area (Å²) in [6, 6.07) is 31.3. The number of hydroxylamine groups is 2. The van der Waals surface area contributed by atoms with E-state index in [9.17, 15) is 17.8 Å². The van der Waals surface area contributed by atoms with Gasteiger partial charge in [-0.05, 0) is 48.9 Å². The van der Waals surface area contributed by atoms with Gasteiger partial charge in [0, 0.05) is 24.5 Å². The zero-order chi connectivity index (χ0) is 29.6. The van der Waals surface area contributed by atoms with Gasteiger partial charge < -0.3 is 9.45 Å². The van der Waals surface area contributed by atoms with Crippen LogP contribution in [0.4, 0.5) is 4.79 Å². The molecule has 1 aromatic heterocycles. The molecular weight excluding hydrogens is 571 g/mol. The van der Waals surface area contributed by atoms with Crippen LogP contribution in [0.15, 0.2) is 128 Å². The molecule has 1 fully saturated rings. The minimum atomic E-state index is -5.01. The van der Waals surface area contributed by atoms with Crippen molar-refractivity contribution in [1.29, 1.82) is 0 Å². The van der Waals surface area contributed by atoms with Crippen molar-refractivity contribution in [1.82, 2.24) is 19.9 Å². The number of nitrogens with zero attached hydrogens (tertiary/aromatic N) is 4. The number of fused-ring (bicyclic) bond motifs is 2. The largest absolute Gasteiger partial charge is 0.724 e. The topological polar surface area (TPSA) is 116 Å². The third-order valence-electron chi connectivity index (χ3n) is 6.95. The lowest BCUT2D eigenvalue weighted by Crippen LogP contribution is -2.36. The van der Waals surface area contributed by atoms with Gasteiger partial charge in [-0.25, -0.2) is 23.2 Å². The van der Waals surface area contributed by atoms with Crippen molar-refractivity contribution in [2.75, 3.05) is 13.1 Å². The minimum Gasteiger partial charge on any atom is -0.724 e. The van der Waals surface area contributed by atoms with Crippen LogP contribution in [0.2, 0.25) is 0 Å². The van der Waals surface area contributed by atoms with Gasteiger partial charge in [-0.3, -0.25) is 0 Å². The fourth-order valence-corrected chi connectivity index (χ4v) is 9.36. The van der Waals surface area contributed by atoms with Crippen molar-refractivity contribution in [3.8, 4) is 0 Å². The molecule has 2 bridgehead atoms. The Labute approximate surface area is 246 Å². The van der Waals surface area contributed by atoms with Gasteiger partial charge in [0.05, 0.1) is 12.4 Å². The number of allylic oxidation sites excluding steroid dienone is 1. The number of benzene rings is 3. The van der Waals surface area contributed by atoms with Crippen LogP contribution in [-0.2, 0) is 14.7 Å². The van der Waals surface area contributed by atoms with Gasteiger partial charge in [-0.1, -0.05) is 66.7 Å². The zero-order valence-electron chi connectivity index (χ0n) is 22.8. The summed E-state index contributed by atoms with van der Waals surface area (Å²) in [6.45, 7) is 2.66. The number of carbonyl (C=O) groups excluding carboxylic acids is 1. The summed E-state index contributed by atoms with van der Waals surface area (Å²) in [6.07, 6.45) is 8.39. The maximum absolute atomic E-state index is 11.9. The molecule has 3 aromatic carbocycles. The lowest BCUT2D eigenvalue weighted by molar-refractivity contribution is -0.0171. The Morgan fingerprint density at radius 1 is 0.881 bits per heavy atom. The van der Waals surface area contributed by atoms with Crippen LogP contribution in [-0.4, -0.2) is 58.1 Å². The van der Waals surface area contributed by atoms with E-state index in [1.165, 1.54) is 27.1 Å². The normalized spacial score (nSPS) is 16.7. The molecule has 0 aliphatic carbocycles. The average Bonchev–Trinajstić information content (AvgIpc) is 3.25.